The SMILES string of the molecule is O=C(CCCc1nc(-c2ccco2)no1)N1C[C@H]2C[C@@H](N3CCCC3)[C@H](O)C[C@H]2C1. The third kappa shape index (κ3) is 4.03. The fraction of sp³-hybridized carbons (Fsp3) is 0.682. The van der Waals surface area contributed by atoms with E-state index in [-0.39, 0.29) is 18.1 Å². The number of aromatic nitrogens is 2. The second kappa shape index (κ2) is 8.51. The molecule has 0 aromatic carbocycles. The first-order valence-corrected chi connectivity index (χ1v) is 11.2. The lowest BCUT2D eigenvalue weighted by Gasteiger charge is -2.40. The highest BCUT2D eigenvalue weighted by Gasteiger charge is 2.44. The Balaban J connectivity index is 1.10. The predicted octanol–water partition coefficient (Wildman–Crippen LogP) is 2.35. The highest BCUT2D eigenvalue weighted by atomic mass is 16.5. The molecule has 1 aliphatic carbocycles. The maximum absolute atomic E-state index is 12.8. The highest BCUT2D eigenvalue weighted by molar-refractivity contribution is 5.76. The fourth-order valence-corrected chi connectivity index (χ4v) is 5.49. The van der Waals surface area contributed by atoms with Gasteiger partial charge in [0, 0.05) is 32.0 Å². The molecule has 0 spiro atoms. The summed E-state index contributed by atoms with van der Waals surface area (Å²) in [4.78, 5) is 21.6. The van der Waals surface area contributed by atoms with Crippen molar-refractivity contribution >= 4 is 5.91 Å². The quantitative estimate of drug-likeness (QED) is 0.775. The lowest BCUT2D eigenvalue weighted by molar-refractivity contribution is -0.130. The highest BCUT2D eigenvalue weighted by Crippen LogP contribution is 2.39. The topological polar surface area (TPSA) is 95.8 Å². The van der Waals surface area contributed by atoms with Gasteiger partial charge in [0.05, 0.1) is 12.4 Å². The number of hydrogen-bond acceptors (Lipinski definition) is 7. The summed E-state index contributed by atoms with van der Waals surface area (Å²) in [5, 5.41) is 14.6. The summed E-state index contributed by atoms with van der Waals surface area (Å²) in [6.07, 6.45) is 7.40. The molecule has 1 saturated carbocycles. The molecule has 4 atom stereocenters. The average Bonchev–Trinajstić information content (AvgIpc) is 3.53. The second-order valence-electron chi connectivity index (χ2n) is 9.01. The number of aryl methyl sites for hydroxylation is 1. The minimum atomic E-state index is -0.250. The van der Waals surface area contributed by atoms with Crippen LogP contribution in [0, 0.1) is 11.8 Å². The van der Waals surface area contributed by atoms with Crippen molar-refractivity contribution in [2.75, 3.05) is 26.2 Å². The Morgan fingerprint density at radius 2 is 2.00 bits per heavy atom. The van der Waals surface area contributed by atoms with Crippen LogP contribution in [0.25, 0.3) is 11.6 Å². The largest absolute Gasteiger partial charge is 0.461 e. The van der Waals surface area contributed by atoms with E-state index in [1.165, 1.54) is 12.8 Å². The van der Waals surface area contributed by atoms with Crippen molar-refractivity contribution < 1.29 is 18.8 Å². The molecule has 2 aromatic rings. The van der Waals surface area contributed by atoms with Crippen molar-refractivity contribution in [3.63, 3.8) is 0 Å². The number of carbonyl (C=O) groups is 1. The molecule has 8 heteroatoms. The van der Waals surface area contributed by atoms with Crippen LogP contribution >= 0.6 is 0 Å². The minimum Gasteiger partial charge on any atom is -0.461 e. The number of nitrogens with zero attached hydrogens (tertiary/aromatic N) is 4. The van der Waals surface area contributed by atoms with E-state index in [4.69, 9.17) is 8.94 Å². The molecular formula is C22H30N4O4. The van der Waals surface area contributed by atoms with Crippen molar-refractivity contribution in [3.8, 4) is 11.6 Å². The molecule has 2 saturated heterocycles. The summed E-state index contributed by atoms with van der Waals surface area (Å²) in [7, 11) is 0. The van der Waals surface area contributed by atoms with E-state index in [1.54, 1.807) is 18.4 Å². The molecule has 2 aliphatic heterocycles. The molecular weight excluding hydrogens is 384 g/mol. The van der Waals surface area contributed by atoms with Gasteiger partial charge in [-0.1, -0.05) is 5.16 Å². The Labute approximate surface area is 176 Å². The number of aliphatic hydroxyl groups is 1. The van der Waals surface area contributed by atoms with Crippen LogP contribution in [0.15, 0.2) is 27.3 Å². The summed E-state index contributed by atoms with van der Waals surface area (Å²) in [6, 6.07) is 3.85. The molecule has 3 fully saturated rings. The first-order valence-electron chi connectivity index (χ1n) is 11.2. The van der Waals surface area contributed by atoms with E-state index in [0.29, 0.717) is 48.6 Å². The monoisotopic (exact) mass is 414 g/mol. The number of amides is 1. The molecule has 1 amide bonds. The van der Waals surface area contributed by atoms with E-state index in [0.717, 1.165) is 39.0 Å². The second-order valence-corrected chi connectivity index (χ2v) is 9.01. The molecule has 2 aromatic heterocycles. The zero-order chi connectivity index (χ0) is 20.5. The lowest BCUT2D eigenvalue weighted by atomic mass is 9.77. The predicted molar refractivity (Wildman–Crippen MR) is 108 cm³/mol. The van der Waals surface area contributed by atoms with Crippen LogP contribution in [0.4, 0.5) is 0 Å². The number of carbonyl (C=O) groups excluding carboxylic acids is 1. The van der Waals surface area contributed by atoms with Crippen molar-refractivity contribution in [1.82, 2.24) is 19.9 Å². The van der Waals surface area contributed by atoms with Gasteiger partial charge in [-0.2, -0.15) is 4.98 Å². The van der Waals surface area contributed by atoms with Gasteiger partial charge in [0.2, 0.25) is 17.6 Å². The van der Waals surface area contributed by atoms with Crippen LogP contribution in [0.3, 0.4) is 0 Å². The van der Waals surface area contributed by atoms with Crippen LogP contribution < -0.4 is 0 Å². The van der Waals surface area contributed by atoms with Gasteiger partial charge in [0.1, 0.15) is 0 Å². The van der Waals surface area contributed by atoms with E-state index < -0.39 is 0 Å². The van der Waals surface area contributed by atoms with Gasteiger partial charge in [0.25, 0.3) is 0 Å². The maximum atomic E-state index is 12.8. The van der Waals surface area contributed by atoms with Gasteiger partial charge in [-0.05, 0) is 69.2 Å². The zero-order valence-corrected chi connectivity index (χ0v) is 17.3. The van der Waals surface area contributed by atoms with Crippen LogP contribution in [0.5, 0.6) is 0 Å². The van der Waals surface area contributed by atoms with Gasteiger partial charge in [0.15, 0.2) is 5.76 Å². The van der Waals surface area contributed by atoms with Crippen molar-refractivity contribution in [2.45, 2.75) is 57.1 Å². The third-order valence-corrected chi connectivity index (χ3v) is 7.06. The molecule has 0 unspecified atom stereocenters. The smallest absolute Gasteiger partial charge is 0.238 e. The lowest BCUT2D eigenvalue weighted by Crippen LogP contribution is -2.48. The zero-order valence-electron chi connectivity index (χ0n) is 17.3. The third-order valence-electron chi connectivity index (χ3n) is 7.06. The van der Waals surface area contributed by atoms with E-state index in [2.05, 4.69) is 15.0 Å². The van der Waals surface area contributed by atoms with Gasteiger partial charge < -0.3 is 18.9 Å². The summed E-state index contributed by atoms with van der Waals surface area (Å²) < 4.78 is 10.5. The first kappa shape index (κ1) is 19.8. The maximum Gasteiger partial charge on any atom is 0.238 e. The van der Waals surface area contributed by atoms with Gasteiger partial charge >= 0.3 is 0 Å². The number of likely N-dealkylation sites (tertiary alicyclic amines) is 2. The standard InChI is InChI=1S/C22H30N4O4/c27-18-12-16-14-26(13-15(16)11-17(18)25-8-1-2-9-25)21(28)7-3-6-20-23-22(24-30-20)19-5-4-10-29-19/h4-5,10,15-18,27H,1-3,6-9,11-14H2/t15-,16+,17-,18-/m1/s1. The normalized spacial score (nSPS) is 29.4. The molecule has 1 N–H and O–H groups in total. The van der Waals surface area contributed by atoms with Crippen molar-refractivity contribution in [2.24, 2.45) is 11.8 Å². The van der Waals surface area contributed by atoms with Gasteiger partial charge in [-0.25, -0.2) is 0 Å². The molecule has 0 bridgehead atoms. The molecule has 0 radical (unpaired) electrons. The number of furan rings is 1. The van der Waals surface area contributed by atoms with E-state index >= 15 is 0 Å². The Bertz CT molecular complexity index is 845. The number of hydrogen-bond donors (Lipinski definition) is 1. The molecule has 5 rings (SSSR count). The molecule has 4 heterocycles. The molecule has 8 nitrogen and oxygen atoms in total. The van der Waals surface area contributed by atoms with E-state index in [9.17, 15) is 9.90 Å². The number of aliphatic hydroxyl groups excluding tert-OH is 1. The van der Waals surface area contributed by atoms with Crippen molar-refractivity contribution in [3.05, 3.63) is 24.3 Å². The Hall–Kier alpha value is -2.19. The summed E-state index contributed by atoms with van der Waals surface area (Å²) in [5.74, 6) is 2.71. The molecule has 30 heavy (non-hydrogen) atoms. The van der Waals surface area contributed by atoms with Crippen LogP contribution in [-0.2, 0) is 11.2 Å². The Morgan fingerprint density at radius 3 is 2.77 bits per heavy atom. The fourth-order valence-electron chi connectivity index (χ4n) is 5.49. The van der Waals surface area contributed by atoms with E-state index in [1.807, 2.05) is 4.90 Å². The first-order chi connectivity index (χ1) is 14.7. The minimum absolute atomic E-state index is 0.197. The summed E-state index contributed by atoms with van der Waals surface area (Å²) in [5.41, 5.74) is 0. The Kier molecular flexibility index (Phi) is 5.60. The van der Waals surface area contributed by atoms with Gasteiger partial charge in [-0.15, -0.1) is 0 Å². The van der Waals surface area contributed by atoms with Crippen LogP contribution in [0.1, 0.15) is 44.4 Å². The molecule has 162 valence electrons. The van der Waals surface area contributed by atoms with Crippen LogP contribution in [0.2, 0.25) is 0 Å². The summed E-state index contributed by atoms with van der Waals surface area (Å²) >= 11 is 0. The number of rotatable bonds is 6. The average molecular weight is 415 g/mol. The van der Waals surface area contributed by atoms with Crippen LogP contribution in [-0.4, -0.2) is 69.3 Å². The number of fused-ring (bicyclic) bond motifs is 1. The summed E-state index contributed by atoms with van der Waals surface area (Å²) in [6.45, 7) is 3.85. The molecule has 3 aliphatic rings. The Morgan fingerprint density at radius 1 is 1.20 bits per heavy atom. The van der Waals surface area contributed by atoms with Gasteiger partial charge in [-0.3, -0.25) is 9.69 Å². The van der Waals surface area contributed by atoms with Crippen molar-refractivity contribution in [1.29, 1.82) is 0 Å².